The summed E-state index contributed by atoms with van der Waals surface area (Å²) in [6, 6.07) is 7.89. The number of nitriles is 1. The first-order valence-corrected chi connectivity index (χ1v) is 4.31. The van der Waals surface area contributed by atoms with Gasteiger partial charge in [-0.3, -0.25) is 0 Å². The Bertz CT molecular complexity index is 338. The van der Waals surface area contributed by atoms with Crippen molar-refractivity contribution in [2.24, 2.45) is 0 Å². The quantitative estimate of drug-likeness (QED) is 0.746. The van der Waals surface area contributed by atoms with Crippen molar-refractivity contribution < 1.29 is 5.11 Å². The third-order valence-corrected chi connectivity index (χ3v) is 2.22. The maximum atomic E-state index is 8.99. The van der Waals surface area contributed by atoms with Gasteiger partial charge in [-0.1, -0.05) is 25.1 Å². The Labute approximate surface area is 78.4 Å². The van der Waals surface area contributed by atoms with Gasteiger partial charge >= 0.3 is 0 Å². The van der Waals surface area contributed by atoms with Crippen LogP contribution < -0.4 is 0 Å². The van der Waals surface area contributed by atoms with Crippen LogP contribution in [0.15, 0.2) is 18.2 Å². The van der Waals surface area contributed by atoms with Crippen molar-refractivity contribution >= 4 is 0 Å². The molecule has 0 aliphatic rings. The van der Waals surface area contributed by atoms with Crippen molar-refractivity contribution in [1.82, 2.24) is 0 Å². The normalized spacial score (nSPS) is 12.2. The molecule has 1 aromatic carbocycles. The Kier molecular flexibility index (Phi) is 3.05. The van der Waals surface area contributed by atoms with Crippen molar-refractivity contribution in [2.45, 2.75) is 19.8 Å². The zero-order valence-corrected chi connectivity index (χ0v) is 7.91. The molecule has 1 unspecified atom stereocenters. The molecule has 0 fully saturated rings. The van der Waals surface area contributed by atoms with E-state index in [1.807, 2.05) is 32.0 Å². The fourth-order valence-corrected chi connectivity index (χ4v) is 1.35. The Morgan fingerprint density at radius 1 is 1.54 bits per heavy atom. The van der Waals surface area contributed by atoms with Gasteiger partial charge in [0.05, 0.1) is 11.6 Å². The summed E-state index contributed by atoms with van der Waals surface area (Å²) in [5, 5.41) is 17.9. The molecule has 1 rings (SSSR count). The summed E-state index contributed by atoms with van der Waals surface area (Å²) in [5.74, 6) is 0.0366. The summed E-state index contributed by atoms with van der Waals surface area (Å²) in [7, 11) is 0. The number of aryl methyl sites for hydroxylation is 1. The lowest BCUT2D eigenvalue weighted by molar-refractivity contribution is 0.273. The highest BCUT2D eigenvalue weighted by Crippen LogP contribution is 2.21. The minimum absolute atomic E-state index is 0.0366. The predicted molar refractivity (Wildman–Crippen MR) is 51.4 cm³/mol. The zero-order chi connectivity index (χ0) is 9.84. The zero-order valence-electron chi connectivity index (χ0n) is 7.91. The molecule has 0 heterocycles. The Balaban J connectivity index is 3.22. The largest absolute Gasteiger partial charge is 0.396 e. The second-order valence-electron chi connectivity index (χ2n) is 3.23. The average molecular weight is 175 g/mol. The summed E-state index contributed by atoms with van der Waals surface area (Å²) in [6.45, 7) is 3.90. The number of aliphatic hydroxyl groups is 1. The molecule has 1 N–H and O–H groups in total. The topological polar surface area (TPSA) is 44.0 Å². The molecule has 0 bridgehead atoms. The van der Waals surface area contributed by atoms with Crippen LogP contribution in [0.5, 0.6) is 0 Å². The number of hydrogen-bond acceptors (Lipinski definition) is 2. The minimum atomic E-state index is 0.0366. The molecular formula is C11H13NO. The minimum Gasteiger partial charge on any atom is -0.396 e. The van der Waals surface area contributed by atoms with Gasteiger partial charge in [-0.15, -0.1) is 0 Å². The van der Waals surface area contributed by atoms with Crippen molar-refractivity contribution in [3.8, 4) is 6.07 Å². The van der Waals surface area contributed by atoms with E-state index in [4.69, 9.17) is 10.4 Å². The molecule has 68 valence electrons. The van der Waals surface area contributed by atoms with Crippen molar-refractivity contribution in [1.29, 1.82) is 5.26 Å². The van der Waals surface area contributed by atoms with Gasteiger partial charge in [0.2, 0.25) is 0 Å². The lowest BCUT2D eigenvalue weighted by atomic mass is 9.94. The third-order valence-electron chi connectivity index (χ3n) is 2.22. The first-order chi connectivity index (χ1) is 6.20. The van der Waals surface area contributed by atoms with E-state index >= 15 is 0 Å². The molecule has 0 radical (unpaired) electrons. The van der Waals surface area contributed by atoms with Gasteiger partial charge < -0.3 is 5.11 Å². The molecule has 0 saturated heterocycles. The highest BCUT2D eigenvalue weighted by molar-refractivity contribution is 5.45. The standard InChI is InChI=1S/C11H13NO/c1-8-4-3-5-10(9(2)7-13)11(8)6-12/h3-5,9,13H,7H2,1-2H3. The van der Waals surface area contributed by atoms with E-state index in [0.717, 1.165) is 11.1 Å². The van der Waals surface area contributed by atoms with Gasteiger partial charge in [0.25, 0.3) is 0 Å². The van der Waals surface area contributed by atoms with Crippen molar-refractivity contribution in [3.05, 3.63) is 34.9 Å². The smallest absolute Gasteiger partial charge is 0.0997 e. The summed E-state index contributed by atoms with van der Waals surface area (Å²) in [6.07, 6.45) is 0. The van der Waals surface area contributed by atoms with Gasteiger partial charge in [0, 0.05) is 12.5 Å². The van der Waals surface area contributed by atoms with E-state index < -0.39 is 0 Å². The lowest BCUT2D eigenvalue weighted by Crippen LogP contribution is -2.02. The van der Waals surface area contributed by atoms with Crippen LogP contribution in [0.25, 0.3) is 0 Å². The molecule has 1 aromatic rings. The molecule has 0 saturated carbocycles. The second kappa shape index (κ2) is 4.06. The van der Waals surface area contributed by atoms with E-state index in [1.54, 1.807) is 0 Å². The van der Waals surface area contributed by atoms with Gasteiger partial charge in [-0.2, -0.15) is 5.26 Å². The first kappa shape index (κ1) is 9.76. The summed E-state index contributed by atoms with van der Waals surface area (Å²) < 4.78 is 0. The van der Waals surface area contributed by atoms with E-state index in [2.05, 4.69) is 6.07 Å². The summed E-state index contributed by atoms with van der Waals surface area (Å²) in [5.41, 5.74) is 2.61. The molecule has 2 heteroatoms. The van der Waals surface area contributed by atoms with Crippen molar-refractivity contribution in [3.63, 3.8) is 0 Å². The maximum absolute atomic E-state index is 8.99. The number of benzene rings is 1. The SMILES string of the molecule is Cc1cccc(C(C)CO)c1C#N. The van der Waals surface area contributed by atoms with Crippen molar-refractivity contribution in [2.75, 3.05) is 6.61 Å². The van der Waals surface area contributed by atoms with Gasteiger partial charge in [0.15, 0.2) is 0 Å². The van der Waals surface area contributed by atoms with Gasteiger partial charge in [-0.05, 0) is 18.1 Å². The summed E-state index contributed by atoms with van der Waals surface area (Å²) in [4.78, 5) is 0. The highest BCUT2D eigenvalue weighted by Gasteiger charge is 2.10. The lowest BCUT2D eigenvalue weighted by Gasteiger charge is -2.11. The molecule has 2 nitrogen and oxygen atoms in total. The molecule has 0 amide bonds. The monoisotopic (exact) mass is 175 g/mol. The number of hydrogen-bond donors (Lipinski definition) is 1. The molecule has 0 aliphatic carbocycles. The molecule has 13 heavy (non-hydrogen) atoms. The van der Waals surface area contributed by atoms with Crippen LogP contribution in [0.1, 0.15) is 29.5 Å². The number of nitrogens with zero attached hydrogens (tertiary/aromatic N) is 1. The van der Waals surface area contributed by atoms with Crippen LogP contribution in [0.2, 0.25) is 0 Å². The van der Waals surface area contributed by atoms with Crippen LogP contribution in [0, 0.1) is 18.3 Å². The molecular weight excluding hydrogens is 162 g/mol. The highest BCUT2D eigenvalue weighted by atomic mass is 16.3. The fourth-order valence-electron chi connectivity index (χ4n) is 1.35. The van der Waals surface area contributed by atoms with Gasteiger partial charge in [0.1, 0.15) is 0 Å². The van der Waals surface area contributed by atoms with Crippen LogP contribution in [-0.4, -0.2) is 11.7 Å². The van der Waals surface area contributed by atoms with E-state index in [1.165, 1.54) is 0 Å². The molecule has 0 aromatic heterocycles. The Hall–Kier alpha value is -1.33. The van der Waals surface area contributed by atoms with E-state index in [9.17, 15) is 0 Å². The predicted octanol–water partition coefficient (Wildman–Crippen LogP) is 1.96. The molecule has 0 aliphatic heterocycles. The number of rotatable bonds is 2. The van der Waals surface area contributed by atoms with E-state index in [0.29, 0.717) is 5.56 Å². The Morgan fingerprint density at radius 3 is 2.77 bits per heavy atom. The third kappa shape index (κ3) is 1.88. The summed E-state index contributed by atoms with van der Waals surface area (Å²) >= 11 is 0. The average Bonchev–Trinajstić information content (AvgIpc) is 2.16. The fraction of sp³-hybridized carbons (Fsp3) is 0.364. The number of aliphatic hydroxyl groups excluding tert-OH is 1. The van der Waals surface area contributed by atoms with Crippen LogP contribution in [0.3, 0.4) is 0 Å². The molecule has 1 atom stereocenters. The second-order valence-corrected chi connectivity index (χ2v) is 3.23. The first-order valence-electron chi connectivity index (χ1n) is 4.31. The van der Waals surface area contributed by atoms with Gasteiger partial charge in [-0.25, -0.2) is 0 Å². The molecule has 0 spiro atoms. The Morgan fingerprint density at radius 2 is 2.23 bits per heavy atom. The van der Waals surface area contributed by atoms with E-state index in [-0.39, 0.29) is 12.5 Å². The van der Waals surface area contributed by atoms with Crippen LogP contribution in [0.4, 0.5) is 0 Å². The maximum Gasteiger partial charge on any atom is 0.0997 e. The van der Waals surface area contributed by atoms with Crippen LogP contribution in [-0.2, 0) is 0 Å². The van der Waals surface area contributed by atoms with Crippen LogP contribution >= 0.6 is 0 Å².